The highest BCUT2D eigenvalue weighted by Gasteiger charge is 2.45. The second-order valence-corrected chi connectivity index (χ2v) is 7.45. The minimum atomic E-state index is -1.07. The van der Waals surface area contributed by atoms with Crippen LogP contribution in [-0.4, -0.2) is 40.5 Å². The van der Waals surface area contributed by atoms with E-state index < -0.39 is 41.4 Å². The number of hydrogen-bond donors (Lipinski definition) is 2. The number of carbonyl (C=O) groups is 5. The first-order valence-electron chi connectivity index (χ1n) is 9.65. The molecule has 0 bridgehead atoms. The second-order valence-electron chi connectivity index (χ2n) is 7.45. The van der Waals surface area contributed by atoms with E-state index in [-0.39, 0.29) is 36.1 Å². The minimum Gasteiger partial charge on any atom is -0.348 e. The van der Waals surface area contributed by atoms with E-state index in [1.807, 2.05) is 0 Å². The van der Waals surface area contributed by atoms with Crippen LogP contribution >= 0.6 is 0 Å². The SMILES string of the molecule is Cc1ccc(C(=O)NCc2cccc3c2C(=O)N(C2CCC(=O)NC2=O)C3=O)c(F)c1. The molecule has 31 heavy (non-hydrogen) atoms. The Balaban J connectivity index is 1.57. The molecule has 2 aromatic rings. The van der Waals surface area contributed by atoms with Gasteiger partial charge in [-0.2, -0.15) is 0 Å². The van der Waals surface area contributed by atoms with E-state index in [4.69, 9.17) is 0 Å². The van der Waals surface area contributed by atoms with Crippen LogP contribution in [0.1, 0.15) is 55.0 Å². The summed E-state index contributed by atoms with van der Waals surface area (Å²) in [4.78, 5) is 62.7. The quantitative estimate of drug-likeness (QED) is 0.723. The highest BCUT2D eigenvalue weighted by atomic mass is 19.1. The summed E-state index contributed by atoms with van der Waals surface area (Å²) in [7, 11) is 0. The number of benzene rings is 2. The van der Waals surface area contributed by atoms with Crippen LogP contribution < -0.4 is 10.6 Å². The summed E-state index contributed by atoms with van der Waals surface area (Å²) >= 11 is 0. The fraction of sp³-hybridized carbons (Fsp3) is 0.227. The van der Waals surface area contributed by atoms with Gasteiger partial charge in [-0.25, -0.2) is 4.39 Å². The normalized spacial score (nSPS) is 18.1. The fourth-order valence-electron chi connectivity index (χ4n) is 3.81. The van der Waals surface area contributed by atoms with E-state index in [1.54, 1.807) is 25.1 Å². The molecule has 0 aromatic heterocycles. The van der Waals surface area contributed by atoms with Gasteiger partial charge in [0.15, 0.2) is 0 Å². The first-order chi connectivity index (χ1) is 14.8. The van der Waals surface area contributed by atoms with Gasteiger partial charge in [-0.15, -0.1) is 0 Å². The fourth-order valence-corrected chi connectivity index (χ4v) is 3.81. The molecule has 2 aliphatic rings. The van der Waals surface area contributed by atoms with Gasteiger partial charge in [0.05, 0.1) is 16.7 Å². The number of fused-ring (bicyclic) bond motifs is 1. The van der Waals surface area contributed by atoms with Crippen molar-refractivity contribution < 1.29 is 28.4 Å². The van der Waals surface area contributed by atoms with Crippen molar-refractivity contribution >= 4 is 29.5 Å². The first-order valence-corrected chi connectivity index (χ1v) is 9.65. The Labute approximate surface area is 176 Å². The maximum absolute atomic E-state index is 14.1. The first kappa shape index (κ1) is 20.4. The summed E-state index contributed by atoms with van der Waals surface area (Å²) in [6.07, 6.45) is 0.0732. The molecular formula is C22H18FN3O5. The third-order valence-corrected chi connectivity index (χ3v) is 5.36. The molecule has 0 radical (unpaired) electrons. The summed E-state index contributed by atoms with van der Waals surface area (Å²) in [6, 6.07) is 7.75. The number of rotatable bonds is 4. The van der Waals surface area contributed by atoms with Crippen LogP contribution in [0.15, 0.2) is 36.4 Å². The number of hydrogen-bond acceptors (Lipinski definition) is 5. The minimum absolute atomic E-state index is 0.0227. The summed E-state index contributed by atoms with van der Waals surface area (Å²) in [5, 5.41) is 4.70. The zero-order valence-electron chi connectivity index (χ0n) is 16.5. The van der Waals surface area contributed by atoms with Crippen LogP contribution in [0.5, 0.6) is 0 Å². The zero-order chi connectivity index (χ0) is 22.3. The molecule has 2 aromatic carbocycles. The molecule has 5 amide bonds. The highest BCUT2D eigenvalue weighted by Crippen LogP contribution is 2.30. The van der Waals surface area contributed by atoms with Crippen molar-refractivity contribution in [2.45, 2.75) is 32.4 Å². The van der Waals surface area contributed by atoms with Crippen LogP contribution in [0, 0.1) is 12.7 Å². The summed E-state index contributed by atoms with van der Waals surface area (Å²) in [6.45, 7) is 1.59. The number of imide groups is 2. The number of nitrogens with zero attached hydrogens (tertiary/aromatic N) is 1. The van der Waals surface area contributed by atoms with Gasteiger partial charge >= 0.3 is 0 Å². The number of nitrogens with one attached hydrogen (secondary N) is 2. The van der Waals surface area contributed by atoms with E-state index in [9.17, 15) is 28.4 Å². The monoisotopic (exact) mass is 423 g/mol. The lowest BCUT2D eigenvalue weighted by Crippen LogP contribution is -2.54. The molecule has 0 aliphatic carbocycles. The van der Waals surface area contributed by atoms with Gasteiger partial charge in [0.2, 0.25) is 11.8 Å². The standard InChI is InChI=1S/C22H18FN3O5/c1-11-5-6-13(15(23)9-11)19(28)24-10-12-3-2-4-14-18(12)22(31)26(21(14)30)16-7-8-17(27)25-20(16)29/h2-6,9,16H,7-8,10H2,1H3,(H,24,28)(H,25,27,29). The van der Waals surface area contributed by atoms with Gasteiger partial charge in [-0.1, -0.05) is 18.2 Å². The highest BCUT2D eigenvalue weighted by molar-refractivity contribution is 6.24. The van der Waals surface area contributed by atoms with Crippen LogP contribution in [0.3, 0.4) is 0 Å². The van der Waals surface area contributed by atoms with Crippen molar-refractivity contribution in [1.82, 2.24) is 15.5 Å². The van der Waals surface area contributed by atoms with Gasteiger partial charge in [0.1, 0.15) is 11.9 Å². The van der Waals surface area contributed by atoms with Crippen molar-refractivity contribution in [1.29, 1.82) is 0 Å². The molecule has 8 nitrogen and oxygen atoms in total. The topological polar surface area (TPSA) is 113 Å². The van der Waals surface area contributed by atoms with Gasteiger partial charge in [-0.3, -0.25) is 34.2 Å². The second kappa shape index (κ2) is 7.75. The summed E-state index contributed by atoms with van der Waals surface area (Å²) < 4.78 is 14.1. The molecule has 1 unspecified atom stereocenters. The largest absolute Gasteiger partial charge is 0.348 e. The lowest BCUT2D eigenvalue weighted by Gasteiger charge is -2.27. The maximum atomic E-state index is 14.1. The van der Waals surface area contributed by atoms with Gasteiger partial charge in [0, 0.05) is 13.0 Å². The third kappa shape index (κ3) is 3.58. The zero-order valence-corrected chi connectivity index (χ0v) is 16.5. The Bertz CT molecular complexity index is 1160. The smallest absolute Gasteiger partial charge is 0.262 e. The van der Waals surface area contributed by atoms with E-state index in [0.29, 0.717) is 11.1 Å². The van der Waals surface area contributed by atoms with E-state index in [1.165, 1.54) is 18.2 Å². The lowest BCUT2D eigenvalue weighted by atomic mass is 10.0. The number of aryl methyl sites for hydroxylation is 1. The third-order valence-electron chi connectivity index (χ3n) is 5.36. The average molecular weight is 423 g/mol. The Morgan fingerprint density at radius 2 is 1.94 bits per heavy atom. The Morgan fingerprint density at radius 3 is 2.65 bits per heavy atom. The van der Waals surface area contributed by atoms with Crippen molar-refractivity contribution in [3.63, 3.8) is 0 Å². The Kier molecular flexibility index (Phi) is 5.10. The van der Waals surface area contributed by atoms with Crippen molar-refractivity contribution in [3.8, 4) is 0 Å². The van der Waals surface area contributed by atoms with E-state index >= 15 is 0 Å². The number of piperidine rings is 1. The molecule has 1 atom stereocenters. The van der Waals surface area contributed by atoms with Gasteiger partial charge in [-0.05, 0) is 42.7 Å². The van der Waals surface area contributed by atoms with Crippen LogP contribution in [0.2, 0.25) is 0 Å². The molecule has 4 rings (SSSR count). The number of amides is 5. The Hall–Kier alpha value is -3.88. The molecule has 1 saturated heterocycles. The molecule has 2 aliphatic heterocycles. The molecule has 9 heteroatoms. The lowest BCUT2D eigenvalue weighted by molar-refractivity contribution is -0.136. The summed E-state index contributed by atoms with van der Waals surface area (Å²) in [5.41, 5.74) is 1.11. The van der Waals surface area contributed by atoms with Crippen LogP contribution in [0.4, 0.5) is 4.39 Å². The van der Waals surface area contributed by atoms with E-state index in [0.717, 1.165) is 4.90 Å². The van der Waals surface area contributed by atoms with Crippen molar-refractivity contribution in [2.24, 2.45) is 0 Å². The molecular weight excluding hydrogens is 405 g/mol. The summed E-state index contributed by atoms with van der Waals surface area (Å²) in [5.74, 6) is -3.77. The average Bonchev–Trinajstić information content (AvgIpc) is 2.97. The predicted molar refractivity (Wildman–Crippen MR) is 105 cm³/mol. The van der Waals surface area contributed by atoms with E-state index in [2.05, 4.69) is 10.6 Å². The molecule has 158 valence electrons. The molecule has 0 saturated carbocycles. The van der Waals surface area contributed by atoms with Crippen molar-refractivity contribution in [2.75, 3.05) is 0 Å². The molecule has 1 fully saturated rings. The molecule has 2 N–H and O–H groups in total. The molecule has 0 spiro atoms. The maximum Gasteiger partial charge on any atom is 0.262 e. The van der Waals surface area contributed by atoms with Crippen molar-refractivity contribution in [3.05, 3.63) is 70.0 Å². The van der Waals surface area contributed by atoms with Crippen LogP contribution in [0.25, 0.3) is 0 Å². The van der Waals surface area contributed by atoms with Gasteiger partial charge in [0.25, 0.3) is 17.7 Å². The number of halogens is 1. The number of carbonyl (C=O) groups excluding carboxylic acids is 5. The van der Waals surface area contributed by atoms with Crippen LogP contribution in [-0.2, 0) is 16.1 Å². The molecule has 2 heterocycles. The van der Waals surface area contributed by atoms with Gasteiger partial charge < -0.3 is 5.32 Å². The predicted octanol–water partition coefficient (Wildman–Crippen LogP) is 1.47. The Morgan fingerprint density at radius 1 is 1.16 bits per heavy atom.